The third kappa shape index (κ3) is 2.40. The van der Waals surface area contributed by atoms with Crippen molar-refractivity contribution in [2.24, 2.45) is 0 Å². The summed E-state index contributed by atoms with van der Waals surface area (Å²) in [6.07, 6.45) is 0.745. The van der Waals surface area contributed by atoms with Crippen molar-refractivity contribution in [1.82, 2.24) is 4.98 Å². The molecular formula is C13H13ClN2OS. The van der Waals surface area contributed by atoms with E-state index in [9.17, 15) is 4.79 Å². The average Bonchev–Trinajstić information content (AvgIpc) is 2.74. The molecule has 0 unspecified atom stereocenters. The van der Waals surface area contributed by atoms with Crippen LogP contribution < -0.4 is 4.90 Å². The van der Waals surface area contributed by atoms with Gasteiger partial charge in [0.2, 0.25) is 0 Å². The molecule has 0 saturated heterocycles. The first-order valence-electron chi connectivity index (χ1n) is 5.62. The predicted octanol–water partition coefficient (Wildman–Crippen LogP) is 4.08. The van der Waals surface area contributed by atoms with Crippen molar-refractivity contribution in [3.05, 3.63) is 39.9 Å². The highest BCUT2D eigenvalue weighted by molar-refractivity contribution is 7.17. The summed E-state index contributed by atoms with van der Waals surface area (Å²) >= 11 is 7.23. The number of rotatable bonds is 4. The number of thiazole rings is 1. The highest BCUT2D eigenvalue weighted by atomic mass is 35.5. The molecule has 0 spiro atoms. The van der Waals surface area contributed by atoms with Crippen molar-refractivity contribution < 1.29 is 4.79 Å². The zero-order valence-corrected chi connectivity index (χ0v) is 11.8. The predicted molar refractivity (Wildman–Crippen MR) is 76.4 cm³/mol. The maximum Gasteiger partial charge on any atom is 0.191 e. The molecule has 1 heterocycles. The van der Waals surface area contributed by atoms with Crippen molar-refractivity contribution in [1.29, 1.82) is 0 Å². The van der Waals surface area contributed by atoms with Crippen molar-refractivity contribution in [2.75, 3.05) is 11.4 Å². The van der Waals surface area contributed by atoms with Gasteiger partial charge in [-0.1, -0.05) is 41.1 Å². The van der Waals surface area contributed by atoms with Crippen LogP contribution in [0.15, 0.2) is 24.3 Å². The quantitative estimate of drug-likeness (QED) is 0.792. The lowest BCUT2D eigenvalue weighted by Gasteiger charge is -2.21. The number of aldehydes is 1. The van der Waals surface area contributed by atoms with Crippen molar-refractivity contribution in [3.63, 3.8) is 0 Å². The highest BCUT2D eigenvalue weighted by Crippen LogP contribution is 2.34. The zero-order chi connectivity index (χ0) is 13.1. The molecule has 1 aromatic carbocycles. The topological polar surface area (TPSA) is 33.2 Å². The molecule has 0 amide bonds. The molecule has 94 valence electrons. The van der Waals surface area contributed by atoms with Crippen molar-refractivity contribution in [3.8, 4) is 0 Å². The van der Waals surface area contributed by atoms with Gasteiger partial charge in [-0.3, -0.25) is 4.79 Å². The van der Waals surface area contributed by atoms with Crippen LogP contribution in [0.1, 0.15) is 22.2 Å². The number of carbonyl (C=O) groups is 1. The lowest BCUT2D eigenvalue weighted by Crippen LogP contribution is -2.16. The van der Waals surface area contributed by atoms with Gasteiger partial charge in [0.15, 0.2) is 16.6 Å². The molecule has 0 N–H and O–H groups in total. The van der Waals surface area contributed by atoms with E-state index in [1.807, 2.05) is 38.1 Å². The maximum absolute atomic E-state index is 10.8. The van der Waals surface area contributed by atoms with E-state index in [4.69, 9.17) is 11.6 Å². The normalized spacial score (nSPS) is 10.4. The van der Waals surface area contributed by atoms with Gasteiger partial charge in [-0.2, -0.15) is 0 Å². The summed E-state index contributed by atoms with van der Waals surface area (Å²) < 4.78 is 0. The first-order valence-corrected chi connectivity index (χ1v) is 6.81. The fraction of sp³-hybridized carbons (Fsp3) is 0.231. The molecule has 0 atom stereocenters. The number of carbonyl (C=O) groups excluding carboxylic acids is 1. The van der Waals surface area contributed by atoms with Gasteiger partial charge in [0.1, 0.15) is 4.88 Å². The number of halogens is 1. The van der Waals surface area contributed by atoms with Crippen LogP contribution in [0.2, 0.25) is 5.15 Å². The Labute approximate surface area is 115 Å². The standard InChI is InChI=1S/C13H13ClN2OS/c1-3-16(10-7-5-4-6-9(10)2)13-15-12(14)11(8-17)18-13/h4-8H,3H2,1-2H3. The van der Waals surface area contributed by atoms with Crippen LogP contribution >= 0.6 is 22.9 Å². The second-order valence-corrected chi connectivity index (χ2v) is 5.17. The minimum absolute atomic E-state index is 0.275. The van der Waals surface area contributed by atoms with Gasteiger partial charge in [0.25, 0.3) is 0 Å². The van der Waals surface area contributed by atoms with E-state index < -0.39 is 0 Å². The Morgan fingerprint density at radius 1 is 1.44 bits per heavy atom. The number of hydrogen-bond donors (Lipinski definition) is 0. The molecule has 0 saturated carbocycles. The Morgan fingerprint density at radius 3 is 2.72 bits per heavy atom. The minimum Gasteiger partial charge on any atom is -0.318 e. The number of hydrogen-bond acceptors (Lipinski definition) is 4. The lowest BCUT2D eigenvalue weighted by molar-refractivity contribution is 0.112. The van der Waals surface area contributed by atoms with Gasteiger partial charge < -0.3 is 4.90 Å². The van der Waals surface area contributed by atoms with Crippen LogP contribution in [0.5, 0.6) is 0 Å². The fourth-order valence-electron chi connectivity index (χ4n) is 1.77. The molecule has 0 radical (unpaired) electrons. The van der Waals surface area contributed by atoms with Gasteiger partial charge in [0, 0.05) is 12.2 Å². The van der Waals surface area contributed by atoms with E-state index in [0.29, 0.717) is 4.88 Å². The summed E-state index contributed by atoms with van der Waals surface area (Å²) in [6.45, 7) is 4.86. The third-order valence-corrected chi connectivity index (χ3v) is 4.06. The number of nitrogens with zero attached hydrogens (tertiary/aromatic N) is 2. The van der Waals surface area contributed by atoms with Crippen LogP contribution in [-0.4, -0.2) is 17.8 Å². The summed E-state index contributed by atoms with van der Waals surface area (Å²) in [7, 11) is 0. The molecule has 2 aromatic rings. The maximum atomic E-state index is 10.8. The van der Waals surface area contributed by atoms with Gasteiger partial charge in [0.05, 0.1) is 0 Å². The molecule has 3 nitrogen and oxygen atoms in total. The van der Waals surface area contributed by atoms with E-state index >= 15 is 0 Å². The second kappa shape index (κ2) is 5.50. The molecule has 0 aliphatic carbocycles. The Bertz CT molecular complexity index is 568. The summed E-state index contributed by atoms with van der Waals surface area (Å²) in [5, 5.41) is 1.02. The zero-order valence-electron chi connectivity index (χ0n) is 10.2. The highest BCUT2D eigenvalue weighted by Gasteiger charge is 2.16. The van der Waals surface area contributed by atoms with Crippen molar-refractivity contribution >= 4 is 40.0 Å². The third-order valence-electron chi connectivity index (χ3n) is 2.66. The number of aromatic nitrogens is 1. The number of para-hydroxylation sites is 1. The van der Waals surface area contributed by atoms with Gasteiger partial charge in [-0.05, 0) is 25.5 Å². The summed E-state index contributed by atoms with van der Waals surface area (Å²) in [6, 6.07) is 8.07. The number of benzene rings is 1. The monoisotopic (exact) mass is 280 g/mol. The Morgan fingerprint density at radius 2 is 2.17 bits per heavy atom. The van der Waals surface area contributed by atoms with E-state index in [0.717, 1.165) is 23.6 Å². The molecule has 5 heteroatoms. The summed E-state index contributed by atoms with van der Waals surface area (Å²) in [4.78, 5) is 17.6. The summed E-state index contributed by atoms with van der Waals surface area (Å²) in [5.41, 5.74) is 2.25. The SMILES string of the molecule is CCN(c1nc(Cl)c(C=O)s1)c1ccccc1C. The van der Waals surface area contributed by atoms with Crippen molar-refractivity contribution in [2.45, 2.75) is 13.8 Å². The molecule has 1 aromatic heterocycles. The average molecular weight is 281 g/mol. The van der Waals surface area contributed by atoms with Crippen LogP contribution in [0.25, 0.3) is 0 Å². The number of anilines is 2. The second-order valence-electron chi connectivity index (χ2n) is 3.80. The van der Waals surface area contributed by atoms with E-state index in [1.54, 1.807) is 0 Å². The van der Waals surface area contributed by atoms with Crippen LogP contribution in [0.3, 0.4) is 0 Å². The van der Waals surface area contributed by atoms with E-state index in [-0.39, 0.29) is 5.15 Å². The van der Waals surface area contributed by atoms with E-state index in [2.05, 4.69) is 9.88 Å². The summed E-state index contributed by atoms with van der Waals surface area (Å²) in [5.74, 6) is 0. The lowest BCUT2D eigenvalue weighted by atomic mass is 10.2. The van der Waals surface area contributed by atoms with Crippen LogP contribution in [-0.2, 0) is 0 Å². The molecule has 18 heavy (non-hydrogen) atoms. The molecule has 0 aliphatic heterocycles. The Balaban J connectivity index is 2.45. The molecule has 0 aliphatic rings. The first-order chi connectivity index (χ1) is 8.67. The van der Waals surface area contributed by atoms with Gasteiger partial charge >= 0.3 is 0 Å². The van der Waals surface area contributed by atoms with E-state index in [1.165, 1.54) is 16.9 Å². The molecular weight excluding hydrogens is 268 g/mol. The molecule has 2 rings (SSSR count). The minimum atomic E-state index is 0.275. The Hall–Kier alpha value is -1.39. The smallest absolute Gasteiger partial charge is 0.191 e. The molecule has 0 bridgehead atoms. The molecule has 0 fully saturated rings. The van der Waals surface area contributed by atoms with Crippen LogP contribution in [0, 0.1) is 6.92 Å². The van der Waals surface area contributed by atoms with Crippen LogP contribution in [0.4, 0.5) is 10.8 Å². The first kappa shape index (κ1) is 13.1. The fourth-order valence-corrected chi connectivity index (χ4v) is 2.91. The van der Waals surface area contributed by atoms with Gasteiger partial charge in [-0.15, -0.1) is 0 Å². The Kier molecular flexibility index (Phi) is 3.99. The largest absolute Gasteiger partial charge is 0.318 e. The number of aryl methyl sites for hydroxylation is 1. The van der Waals surface area contributed by atoms with Gasteiger partial charge in [-0.25, -0.2) is 4.98 Å².